The van der Waals surface area contributed by atoms with E-state index < -0.39 is 11.4 Å². The van der Waals surface area contributed by atoms with Gasteiger partial charge in [0.15, 0.2) is 11.3 Å². The number of primary amides is 1. The lowest BCUT2D eigenvalue weighted by molar-refractivity contribution is -0.137. The average Bonchev–Trinajstić information content (AvgIpc) is 2.41. The number of nitrogens with two attached hydrogens (primary N) is 2. The molecule has 0 rings (SSSR count). The maximum Gasteiger partial charge on any atom is 0.245 e. The second-order valence-corrected chi connectivity index (χ2v) is 5.36. The molecule has 1 amide bonds. The van der Waals surface area contributed by atoms with Gasteiger partial charge in [-0.25, -0.2) is 0 Å². The summed E-state index contributed by atoms with van der Waals surface area (Å²) in [6.45, 7) is 5.87. The molecular weight excluding hydrogens is 240 g/mol. The molecule has 4 nitrogen and oxygen atoms in total. The molecule has 4 heteroatoms. The van der Waals surface area contributed by atoms with Crippen LogP contribution in [-0.2, 0) is 9.59 Å². The molecule has 2 atom stereocenters. The fourth-order valence-electron chi connectivity index (χ4n) is 2.35. The van der Waals surface area contributed by atoms with Crippen molar-refractivity contribution in [3.05, 3.63) is 0 Å². The van der Waals surface area contributed by atoms with Gasteiger partial charge in [0.05, 0.1) is 0 Å². The molecule has 0 aliphatic heterocycles. The monoisotopic (exact) mass is 270 g/mol. The maximum atomic E-state index is 12.4. The highest BCUT2D eigenvalue weighted by Gasteiger charge is 2.41. The second-order valence-electron chi connectivity index (χ2n) is 5.36. The molecule has 0 spiro atoms. The van der Waals surface area contributed by atoms with E-state index in [1.165, 1.54) is 19.3 Å². The molecule has 0 aromatic carbocycles. The summed E-state index contributed by atoms with van der Waals surface area (Å²) < 4.78 is 0. The lowest BCUT2D eigenvalue weighted by atomic mass is 9.80. The van der Waals surface area contributed by atoms with Crippen LogP contribution in [0.3, 0.4) is 0 Å². The number of Topliss-reactive ketones (excluding diaryl/α,β-unsaturated/α-hetero) is 1. The number of hydrogen-bond donors (Lipinski definition) is 2. The van der Waals surface area contributed by atoms with Crippen molar-refractivity contribution in [2.75, 3.05) is 0 Å². The third kappa shape index (κ3) is 5.31. The second kappa shape index (κ2) is 9.08. The first-order valence-electron chi connectivity index (χ1n) is 7.57. The van der Waals surface area contributed by atoms with E-state index in [2.05, 4.69) is 6.92 Å². The van der Waals surface area contributed by atoms with Crippen LogP contribution in [0.15, 0.2) is 0 Å². The van der Waals surface area contributed by atoms with Crippen molar-refractivity contribution >= 4 is 11.7 Å². The number of rotatable bonds is 11. The highest BCUT2D eigenvalue weighted by molar-refractivity contribution is 6.10. The molecule has 0 saturated heterocycles. The first-order chi connectivity index (χ1) is 8.93. The summed E-state index contributed by atoms with van der Waals surface area (Å²) in [6.07, 6.45) is 7.61. The normalized spacial score (nSPS) is 15.8. The molecule has 0 fully saturated rings. The van der Waals surface area contributed by atoms with Gasteiger partial charge in [-0.3, -0.25) is 9.59 Å². The van der Waals surface area contributed by atoms with Gasteiger partial charge in [-0.15, -0.1) is 0 Å². The molecular formula is C15H30N2O2. The van der Waals surface area contributed by atoms with E-state index in [-0.39, 0.29) is 18.1 Å². The van der Waals surface area contributed by atoms with E-state index in [1.807, 2.05) is 6.92 Å². The summed E-state index contributed by atoms with van der Waals surface area (Å²) in [5.74, 6) is -1.02. The van der Waals surface area contributed by atoms with Gasteiger partial charge >= 0.3 is 0 Å². The standard InChI is InChI=1S/C15H30N2O2/c1-4-7-8-9-10-11-12(5-2)13(18)15(17,6-3)14(16)19/h12H,4-11,17H2,1-3H3,(H2,16,19). The number of unbranched alkanes of at least 4 members (excludes halogenated alkanes) is 4. The third-order valence-electron chi connectivity index (χ3n) is 3.96. The van der Waals surface area contributed by atoms with Crippen LogP contribution in [0.25, 0.3) is 0 Å². The molecule has 0 aliphatic carbocycles. The van der Waals surface area contributed by atoms with E-state index in [0.29, 0.717) is 0 Å². The van der Waals surface area contributed by atoms with Gasteiger partial charge in [0.1, 0.15) is 0 Å². The fraction of sp³-hybridized carbons (Fsp3) is 0.867. The summed E-state index contributed by atoms with van der Waals surface area (Å²) >= 11 is 0. The molecule has 0 radical (unpaired) electrons. The summed E-state index contributed by atoms with van der Waals surface area (Å²) in [5.41, 5.74) is 9.69. The largest absolute Gasteiger partial charge is 0.368 e. The highest BCUT2D eigenvalue weighted by Crippen LogP contribution is 2.22. The smallest absolute Gasteiger partial charge is 0.245 e. The zero-order valence-corrected chi connectivity index (χ0v) is 12.7. The summed E-state index contributed by atoms with van der Waals surface area (Å²) in [7, 11) is 0. The van der Waals surface area contributed by atoms with Gasteiger partial charge in [0.25, 0.3) is 0 Å². The van der Waals surface area contributed by atoms with E-state index in [0.717, 1.165) is 25.7 Å². The van der Waals surface area contributed by atoms with Gasteiger partial charge in [-0.2, -0.15) is 0 Å². The van der Waals surface area contributed by atoms with Crippen LogP contribution in [0.5, 0.6) is 0 Å². The average molecular weight is 270 g/mol. The Morgan fingerprint density at radius 2 is 1.63 bits per heavy atom. The summed E-state index contributed by atoms with van der Waals surface area (Å²) in [5, 5.41) is 0. The summed E-state index contributed by atoms with van der Waals surface area (Å²) in [6, 6.07) is 0. The van der Waals surface area contributed by atoms with Crippen molar-refractivity contribution in [3.63, 3.8) is 0 Å². The van der Waals surface area contributed by atoms with Crippen LogP contribution in [0.4, 0.5) is 0 Å². The number of carbonyl (C=O) groups excluding carboxylic acids is 2. The molecule has 0 aromatic heterocycles. The molecule has 4 N–H and O–H groups in total. The zero-order valence-electron chi connectivity index (χ0n) is 12.7. The molecule has 112 valence electrons. The Labute approximate surface area is 117 Å². The molecule has 0 bridgehead atoms. The van der Waals surface area contributed by atoms with Gasteiger partial charge in [0.2, 0.25) is 5.91 Å². The van der Waals surface area contributed by atoms with Crippen LogP contribution in [0, 0.1) is 5.92 Å². The Bertz CT molecular complexity index is 292. The Kier molecular flexibility index (Phi) is 8.65. The molecule has 0 heterocycles. The minimum Gasteiger partial charge on any atom is -0.368 e. The van der Waals surface area contributed by atoms with Crippen LogP contribution in [-0.4, -0.2) is 17.2 Å². The predicted molar refractivity (Wildman–Crippen MR) is 78.6 cm³/mol. The van der Waals surface area contributed by atoms with Gasteiger partial charge in [0, 0.05) is 5.92 Å². The topological polar surface area (TPSA) is 86.2 Å². The van der Waals surface area contributed by atoms with Gasteiger partial charge < -0.3 is 11.5 Å². The third-order valence-corrected chi connectivity index (χ3v) is 3.96. The Morgan fingerprint density at radius 1 is 1.05 bits per heavy atom. The van der Waals surface area contributed by atoms with E-state index >= 15 is 0 Å². The predicted octanol–water partition coefficient (Wildman–Crippen LogP) is 2.53. The Balaban J connectivity index is 4.42. The first kappa shape index (κ1) is 18.1. The van der Waals surface area contributed by atoms with Crippen LogP contribution < -0.4 is 11.5 Å². The number of carbonyl (C=O) groups is 2. The lowest BCUT2D eigenvalue weighted by Gasteiger charge is -2.27. The number of hydrogen-bond acceptors (Lipinski definition) is 3. The van der Waals surface area contributed by atoms with Gasteiger partial charge in [-0.1, -0.05) is 52.9 Å². The van der Waals surface area contributed by atoms with Crippen molar-refractivity contribution in [2.24, 2.45) is 17.4 Å². The number of amides is 1. The SMILES string of the molecule is CCCCCCCC(CC)C(=O)C(N)(CC)C(N)=O. The first-order valence-corrected chi connectivity index (χ1v) is 7.57. The van der Waals surface area contributed by atoms with Crippen molar-refractivity contribution in [1.29, 1.82) is 0 Å². The van der Waals surface area contributed by atoms with Crippen molar-refractivity contribution in [3.8, 4) is 0 Å². The van der Waals surface area contributed by atoms with E-state index in [9.17, 15) is 9.59 Å². The van der Waals surface area contributed by atoms with Crippen LogP contribution >= 0.6 is 0 Å². The molecule has 0 aliphatic rings. The van der Waals surface area contributed by atoms with Gasteiger partial charge in [-0.05, 0) is 19.3 Å². The summed E-state index contributed by atoms with van der Waals surface area (Å²) in [4.78, 5) is 23.8. The van der Waals surface area contributed by atoms with E-state index in [4.69, 9.17) is 11.5 Å². The Morgan fingerprint density at radius 3 is 2.05 bits per heavy atom. The lowest BCUT2D eigenvalue weighted by Crippen LogP contribution is -2.59. The van der Waals surface area contributed by atoms with E-state index in [1.54, 1.807) is 6.92 Å². The molecule has 2 unspecified atom stereocenters. The van der Waals surface area contributed by atoms with Crippen LogP contribution in [0.1, 0.15) is 72.1 Å². The minimum absolute atomic E-state index is 0.140. The molecule has 19 heavy (non-hydrogen) atoms. The maximum absolute atomic E-state index is 12.4. The molecule has 0 saturated carbocycles. The van der Waals surface area contributed by atoms with Crippen LogP contribution in [0.2, 0.25) is 0 Å². The fourth-order valence-corrected chi connectivity index (χ4v) is 2.35. The zero-order chi connectivity index (χ0) is 14.9. The number of ketones is 1. The van der Waals surface area contributed by atoms with Crippen molar-refractivity contribution in [1.82, 2.24) is 0 Å². The Hall–Kier alpha value is -0.900. The minimum atomic E-state index is -1.48. The quantitative estimate of drug-likeness (QED) is 0.447. The highest BCUT2D eigenvalue weighted by atomic mass is 16.2. The van der Waals surface area contributed by atoms with Crippen molar-refractivity contribution < 1.29 is 9.59 Å². The van der Waals surface area contributed by atoms with Crippen molar-refractivity contribution in [2.45, 2.75) is 77.7 Å². The molecule has 0 aromatic rings.